The van der Waals surface area contributed by atoms with Gasteiger partial charge in [-0.15, -0.1) is 0 Å². The number of nitrogens with one attached hydrogen (secondary N) is 1. The molecule has 0 aliphatic heterocycles. The largest absolute Gasteiger partial charge is 0.497 e. The van der Waals surface area contributed by atoms with E-state index in [9.17, 15) is 9.90 Å². The van der Waals surface area contributed by atoms with Crippen LogP contribution in [0.15, 0.2) is 78.9 Å². The summed E-state index contributed by atoms with van der Waals surface area (Å²) < 4.78 is 11.0. The fourth-order valence-corrected chi connectivity index (χ4v) is 3.12. The third-order valence-corrected chi connectivity index (χ3v) is 4.70. The highest BCUT2D eigenvalue weighted by Crippen LogP contribution is 2.24. The van der Waals surface area contributed by atoms with Crippen molar-refractivity contribution in [3.05, 3.63) is 84.4 Å². The van der Waals surface area contributed by atoms with Gasteiger partial charge in [-0.1, -0.05) is 36.4 Å². The number of para-hydroxylation sites is 1. The lowest BCUT2D eigenvalue weighted by atomic mass is 10.1. The van der Waals surface area contributed by atoms with E-state index in [2.05, 4.69) is 5.32 Å². The van der Waals surface area contributed by atoms with Crippen molar-refractivity contribution < 1.29 is 19.4 Å². The van der Waals surface area contributed by atoms with Gasteiger partial charge >= 0.3 is 0 Å². The highest BCUT2D eigenvalue weighted by atomic mass is 16.5. The van der Waals surface area contributed by atoms with Crippen LogP contribution in [0.2, 0.25) is 0 Å². The molecule has 0 fully saturated rings. The second-order valence-electron chi connectivity index (χ2n) is 6.88. The van der Waals surface area contributed by atoms with E-state index < -0.39 is 0 Å². The Bertz CT molecular complexity index is 945. The zero-order chi connectivity index (χ0) is 21.3. The van der Waals surface area contributed by atoms with Crippen LogP contribution in [0.25, 0.3) is 0 Å². The maximum absolute atomic E-state index is 12.5. The number of ether oxygens (including phenoxy) is 2. The molecule has 0 aliphatic carbocycles. The molecule has 0 saturated carbocycles. The third kappa shape index (κ3) is 5.83. The number of rotatable bonds is 9. The van der Waals surface area contributed by atoms with Gasteiger partial charge in [0.25, 0.3) is 0 Å². The van der Waals surface area contributed by atoms with E-state index in [1.807, 2.05) is 77.7 Å². The zero-order valence-corrected chi connectivity index (χ0v) is 17.1. The van der Waals surface area contributed by atoms with E-state index in [-0.39, 0.29) is 25.1 Å². The minimum Gasteiger partial charge on any atom is -0.497 e. The van der Waals surface area contributed by atoms with Crippen LogP contribution in [0.5, 0.6) is 17.2 Å². The highest BCUT2D eigenvalue weighted by molar-refractivity contribution is 5.92. The first kappa shape index (κ1) is 21.4. The van der Waals surface area contributed by atoms with E-state index in [1.165, 1.54) is 0 Å². The molecule has 0 radical (unpaired) electrons. The molecule has 0 saturated heterocycles. The van der Waals surface area contributed by atoms with Crippen LogP contribution in [0.4, 0.5) is 5.69 Å². The number of carbonyl (C=O) groups is 1. The quantitative estimate of drug-likeness (QED) is 0.560. The van der Waals surface area contributed by atoms with Crippen molar-refractivity contribution in [2.24, 2.45) is 0 Å². The molecule has 1 amide bonds. The lowest BCUT2D eigenvalue weighted by Gasteiger charge is -2.26. The van der Waals surface area contributed by atoms with E-state index in [1.54, 1.807) is 20.2 Å². The Balaban J connectivity index is 1.60. The van der Waals surface area contributed by atoms with Gasteiger partial charge in [-0.2, -0.15) is 0 Å². The number of amides is 1. The molecule has 1 unspecified atom stereocenters. The summed E-state index contributed by atoms with van der Waals surface area (Å²) >= 11 is 0. The Labute approximate surface area is 176 Å². The Kier molecular flexibility index (Phi) is 7.43. The SMILES string of the molecule is COc1ccc(C(CO)N(C)CC(=O)Nc2cccc(Oc3ccccc3)c2)cc1. The number of hydrogen-bond acceptors (Lipinski definition) is 5. The molecule has 0 heterocycles. The number of nitrogens with zero attached hydrogens (tertiary/aromatic N) is 1. The summed E-state index contributed by atoms with van der Waals surface area (Å²) in [6, 6.07) is 23.9. The fourth-order valence-electron chi connectivity index (χ4n) is 3.12. The van der Waals surface area contributed by atoms with Crippen molar-refractivity contribution in [3.63, 3.8) is 0 Å². The summed E-state index contributed by atoms with van der Waals surface area (Å²) in [7, 11) is 3.41. The monoisotopic (exact) mass is 406 g/mol. The topological polar surface area (TPSA) is 71.0 Å². The van der Waals surface area contributed by atoms with Gasteiger partial charge in [0.05, 0.1) is 26.3 Å². The molecule has 3 rings (SSSR count). The number of aliphatic hydroxyl groups is 1. The minimum absolute atomic E-state index is 0.101. The lowest BCUT2D eigenvalue weighted by molar-refractivity contribution is -0.117. The van der Waals surface area contributed by atoms with Gasteiger partial charge in [-0.3, -0.25) is 9.69 Å². The molecule has 30 heavy (non-hydrogen) atoms. The van der Waals surface area contributed by atoms with Crippen LogP contribution in [0.3, 0.4) is 0 Å². The van der Waals surface area contributed by atoms with Gasteiger partial charge in [0, 0.05) is 11.8 Å². The van der Waals surface area contributed by atoms with E-state index in [4.69, 9.17) is 9.47 Å². The van der Waals surface area contributed by atoms with Crippen molar-refractivity contribution in [1.82, 2.24) is 4.90 Å². The molecular weight excluding hydrogens is 380 g/mol. The number of hydrogen-bond donors (Lipinski definition) is 2. The minimum atomic E-state index is -0.297. The molecule has 6 heteroatoms. The van der Waals surface area contributed by atoms with E-state index in [0.29, 0.717) is 11.4 Å². The second-order valence-corrected chi connectivity index (χ2v) is 6.88. The van der Waals surface area contributed by atoms with Crippen molar-refractivity contribution in [1.29, 1.82) is 0 Å². The van der Waals surface area contributed by atoms with Crippen molar-refractivity contribution in [2.45, 2.75) is 6.04 Å². The number of likely N-dealkylation sites (N-methyl/N-ethyl adjacent to an activating group) is 1. The summed E-state index contributed by atoms with van der Waals surface area (Å²) in [5, 5.41) is 12.7. The summed E-state index contributed by atoms with van der Waals surface area (Å²) in [6.45, 7) is 0.0253. The number of carbonyl (C=O) groups excluding carboxylic acids is 1. The first-order chi connectivity index (χ1) is 14.6. The smallest absolute Gasteiger partial charge is 0.238 e. The van der Waals surface area contributed by atoms with Gasteiger partial charge < -0.3 is 19.9 Å². The summed E-state index contributed by atoms with van der Waals surface area (Å²) in [5.41, 5.74) is 1.55. The molecule has 3 aromatic carbocycles. The molecule has 3 aromatic rings. The number of anilines is 1. The third-order valence-electron chi connectivity index (χ3n) is 4.70. The van der Waals surface area contributed by atoms with Crippen LogP contribution in [0, 0.1) is 0 Å². The standard InChI is InChI=1S/C24H26N2O4/c1-26(23(17-27)18-11-13-20(29-2)14-12-18)16-24(28)25-19-7-6-10-22(15-19)30-21-8-4-3-5-9-21/h3-15,23,27H,16-17H2,1-2H3,(H,25,28). The highest BCUT2D eigenvalue weighted by Gasteiger charge is 2.19. The predicted molar refractivity (Wildman–Crippen MR) is 117 cm³/mol. The van der Waals surface area contributed by atoms with Crippen LogP contribution in [-0.2, 0) is 4.79 Å². The molecule has 0 spiro atoms. The maximum atomic E-state index is 12.5. The molecular formula is C24H26N2O4. The van der Waals surface area contributed by atoms with Crippen LogP contribution < -0.4 is 14.8 Å². The molecule has 0 aromatic heterocycles. The summed E-state index contributed by atoms with van der Waals surface area (Å²) in [5.74, 6) is 1.93. The number of benzene rings is 3. The molecule has 6 nitrogen and oxygen atoms in total. The maximum Gasteiger partial charge on any atom is 0.238 e. The zero-order valence-electron chi connectivity index (χ0n) is 17.1. The molecule has 0 aliphatic rings. The van der Waals surface area contributed by atoms with Gasteiger partial charge in [-0.25, -0.2) is 0 Å². The van der Waals surface area contributed by atoms with Crippen LogP contribution >= 0.6 is 0 Å². The van der Waals surface area contributed by atoms with Crippen molar-refractivity contribution >= 4 is 11.6 Å². The fraction of sp³-hybridized carbons (Fsp3) is 0.208. The normalized spacial score (nSPS) is 11.7. The Morgan fingerprint density at radius 2 is 1.67 bits per heavy atom. The molecule has 0 bridgehead atoms. The van der Waals surface area contributed by atoms with E-state index in [0.717, 1.165) is 17.1 Å². The Hall–Kier alpha value is -3.35. The van der Waals surface area contributed by atoms with Crippen LogP contribution in [-0.4, -0.2) is 43.2 Å². The first-order valence-corrected chi connectivity index (χ1v) is 9.67. The molecule has 156 valence electrons. The Morgan fingerprint density at radius 1 is 0.967 bits per heavy atom. The first-order valence-electron chi connectivity index (χ1n) is 9.67. The van der Waals surface area contributed by atoms with Gasteiger partial charge in [0.2, 0.25) is 5.91 Å². The second kappa shape index (κ2) is 10.4. The Morgan fingerprint density at radius 3 is 2.33 bits per heavy atom. The van der Waals surface area contributed by atoms with Gasteiger partial charge in [0.1, 0.15) is 17.2 Å². The lowest BCUT2D eigenvalue weighted by Crippen LogP contribution is -2.34. The number of aliphatic hydroxyl groups excluding tert-OH is 1. The predicted octanol–water partition coefficient (Wildman–Crippen LogP) is 4.09. The van der Waals surface area contributed by atoms with E-state index >= 15 is 0 Å². The number of methoxy groups -OCH3 is 1. The summed E-state index contributed by atoms with van der Waals surface area (Å²) in [6.07, 6.45) is 0. The summed E-state index contributed by atoms with van der Waals surface area (Å²) in [4.78, 5) is 14.4. The van der Waals surface area contributed by atoms with Crippen molar-refractivity contribution in [2.75, 3.05) is 32.6 Å². The van der Waals surface area contributed by atoms with Gasteiger partial charge in [-0.05, 0) is 49.0 Å². The molecule has 2 N–H and O–H groups in total. The molecule has 1 atom stereocenters. The van der Waals surface area contributed by atoms with Gasteiger partial charge in [0.15, 0.2) is 0 Å². The van der Waals surface area contributed by atoms with Crippen LogP contribution in [0.1, 0.15) is 11.6 Å². The average molecular weight is 406 g/mol. The van der Waals surface area contributed by atoms with Crippen molar-refractivity contribution in [3.8, 4) is 17.2 Å². The average Bonchev–Trinajstić information content (AvgIpc) is 2.75.